The summed E-state index contributed by atoms with van der Waals surface area (Å²) in [6.07, 6.45) is 12.8. The van der Waals surface area contributed by atoms with Gasteiger partial charge in [0.2, 0.25) is 0 Å². The minimum Gasteiger partial charge on any atom is -0.372 e. The van der Waals surface area contributed by atoms with Gasteiger partial charge in [-0.3, -0.25) is 0 Å². The molecule has 1 rings (SSSR count). The van der Waals surface area contributed by atoms with Gasteiger partial charge in [-0.2, -0.15) is 10.2 Å². The van der Waals surface area contributed by atoms with Gasteiger partial charge in [0, 0.05) is 29.2 Å². The van der Waals surface area contributed by atoms with Gasteiger partial charge in [-0.1, -0.05) is 46.3 Å². The Morgan fingerprint density at radius 3 is 2.12 bits per heavy atom. The van der Waals surface area contributed by atoms with Crippen LogP contribution in [0.3, 0.4) is 0 Å². The Labute approximate surface area is 160 Å². The van der Waals surface area contributed by atoms with E-state index in [4.69, 9.17) is 0 Å². The first-order chi connectivity index (χ1) is 12.4. The molecule has 0 N–H and O–H groups in total. The summed E-state index contributed by atoms with van der Waals surface area (Å²) in [5.74, 6) is 0.802. The smallest absolute Gasteiger partial charge is 0.0679 e. The van der Waals surface area contributed by atoms with Crippen LogP contribution in [0.2, 0.25) is 0 Å². The molecule has 2 atom stereocenters. The van der Waals surface area contributed by atoms with Crippen molar-refractivity contribution in [1.82, 2.24) is 15.1 Å². The zero-order chi connectivity index (χ0) is 19.7. The fourth-order valence-corrected chi connectivity index (χ4v) is 3.42. The summed E-state index contributed by atoms with van der Waals surface area (Å²) in [6, 6.07) is 0.573. The fraction of sp³-hybridized carbons (Fsp3) is 0.652. The van der Waals surface area contributed by atoms with E-state index in [1.807, 2.05) is 6.92 Å². The Bertz CT molecular complexity index is 703. The van der Waals surface area contributed by atoms with Crippen LogP contribution in [0.15, 0.2) is 11.8 Å². The van der Waals surface area contributed by atoms with Gasteiger partial charge in [-0.15, -0.1) is 0 Å². The van der Waals surface area contributed by atoms with E-state index in [2.05, 4.69) is 81.9 Å². The van der Waals surface area contributed by atoms with E-state index in [0.29, 0.717) is 6.04 Å². The predicted octanol–water partition coefficient (Wildman–Crippen LogP) is 4.50. The van der Waals surface area contributed by atoms with Crippen LogP contribution >= 0.6 is 0 Å². The summed E-state index contributed by atoms with van der Waals surface area (Å²) in [7, 11) is 2.24. The molecule has 2 unspecified atom stereocenters. The van der Waals surface area contributed by atoms with Crippen LogP contribution in [0.4, 0.5) is 0 Å². The lowest BCUT2D eigenvalue weighted by Gasteiger charge is -2.31. The molecule has 0 bridgehead atoms. The lowest BCUT2D eigenvalue weighted by atomic mass is 9.97. The molecule has 3 heteroatoms. The highest BCUT2D eigenvalue weighted by molar-refractivity contribution is 5.48. The van der Waals surface area contributed by atoms with Gasteiger partial charge in [0.15, 0.2) is 0 Å². The first-order valence-corrected chi connectivity index (χ1v) is 10.3. The SMILES string of the molecule is C/C=c1/c(C)nnc(C)/c1=C/C(=C/CC)N(C)C(CC)CCC(C)CC. The van der Waals surface area contributed by atoms with Crippen molar-refractivity contribution in [2.45, 2.75) is 86.6 Å². The third-order valence-electron chi connectivity index (χ3n) is 5.53. The van der Waals surface area contributed by atoms with Crippen molar-refractivity contribution in [2.24, 2.45) is 5.92 Å². The molecule has 26 heavy (non-hydrogen) atoms. The average Bonchev–Trinajstić information content (AvgIpc) is 2.64. The Morgan fingerprint density at radius 2 is 1.62 bits per heavy atom. The second kappa shape index (κ2) is 11.2. The number of hydrogen-bond acceptors (Lipinski definition) is 3. The number of aryl methyl sites for hydroxylation is 2. The summed E-state index contributed by atoms with van der Waals surface area (Å²) in [5, 5.41) is 11.0. The van der Waals surface area contributed by atoms with Crippen molar-refractivity contribution in [3.63, 3.8) is 0 Å². The Morgan fingerprint density at radius 1 is 1.00 bits per heavy atom. The molecule has 0 aliphatic carbocycles. The summed E-state index contributed by atoms with van der Waals surface area (Å²) < 4.78 is 0. The molecule has 1 aromatic rings. The summed E-state index contributed by atoms with van der Waals surface area (Å²) in [5.41, 5.74) is 3.28. The van der Waals surface area contributed by atoms with E-state index in [-0.39, 0.29) is 0 Å². The quantitative estimate of drug-likeness (QED) is 0.651. The molecular formula is C23H39N3. The minimum absolute atomic E-state index is 0.573. The highest BCUT2D eigenvalue weighted by atomic mass is 15.1. The third-order valence-corrected chi connectivity index (χ3v) is 5.53. The summed E-state index contributed by atoms with van der Waals surface area (Å²) in [4.78, 5) is 2.47. The predicted molar refractivity (Wildman–Crippen MR) is 114 cm³/mol. The van der Waals surface area contributed by atoms with Crippen LogP contribution in [0.25, 0.3) is 12.2 Å². The highest BCUT2D eigenvalue weighted by Crippen LogP contribution is 2.20. The standard InChI is InChI=1S/C23H39N3/c1-9-13-21(26(8)20(11-3)15-14-17(5)10-2)16-23-19(7)25-24-18(6)22(23)12-4/h12-13,16-17,20H,9-11,14-15H2,1-8H3/b21-13-,22-12-,23-16-. The number of aromatic nitrogens is 2. The Hall–Kier alpha value is -1.64. The van der Waals surface area contributed by atoms with Gasteiger partial charge in [0.05, 0.1) is 11.4 Å². The topological polar surface area (TPSA) is 29.0 Å². The fourth-order valence-electron chi connectivity index (χ4n) is 3.42. The van der Waals surface area contributed by atoms with Gasteiger partial charge in [0.1, 0.15) is 0 Å². The number of allylic oxidation sites excluding steroid dienone is 2. The van der Waals surface area contributed by atoms with Gasteiger partial charge < -0.3 is 4.90 Å². The van der Waals surface area contributed by atoms with Gasteiger partial charge in [-0.05, 0) is 58.4 Å². The molecule has 0 radical (unpaired) electrons. The lowest BCUT2D eigenvalue weighted by molar-refractivity contribution is 0.271. The molecule has 1 aromatic heterocycles. The summed E-state index contributed by atoms with van der Waals surface area (Å²) >= 11 is 0. The van der Waals surface area contributed by atoms with Crippen molar-refractivity contribution in [2.75, 3.05) is 7.05 Å². The second-order valence-corrected chi connectivity index (χ2v) is 7.43. The summed E-state index contributed by atoms with van der Waals surface area (Å²) in [6.45, 7) is 15.3. The molecule has 0 spiro atoms. The number of rotatable bonds is 9. The van der Waals surface area contributed by atoms with E-state index in [9.17, 15) is 0 Å². The van der Waals surface area contributed by atoms with Crippen molar-refractivity contribution < 1.29 is 0 Å². The van der Waals surface area contributed by atoms with Gasteiger partial charge >= 0.3 is 0 Å². The van der Waals surface area contributed by atoms with Crippen molar-refractivity contribution in [3.8, 4) is 0 Å². The molecule has 0 aliphatic rings. The monoisotopic (exact) mass is 357 g/mol. The normalized spacial score (nSPS) is 16.1. The Kier molecular flexibility index (Phi) is 9.61. The van der Waals surface area contributed by atoms with Crippen LogP contribution in [-0.4, -0.2) is 28.2 Å². The molecular weight excluding hydrogens is 318 g/mol. The van der Waals surface area contributed by atoms with Crippen molar-refractivity contribution in [3.05, 3.63) is 33.6 Å². The van der Waals surface area contributed by atoms with Crippen LogP contribution < -0.4 is 10.4 Å². The van der Waals surface area contributed by atoms with Crippen LogP contribution in [0, 0.1) is 19.8 Å². The average molecular weight is 358 g/mol. The maximum atomic E-state index is 4.35. The largest absolute Gasteiger partial charge is 0.372 e. The molecule has 146 valence electrons. The molecule has 0 aromatic carbocycles. The molecule has 0 saturated carbocycles. The molecule has 0 fully saturated rings. The van der Waals surface area contributed by atoms with Gasteiger partial charge in [0.25, 0.3) is 0 Å². The number of nitrogens with zero attached hydrogens (tertiary/aromatic N) is 3. The van der Waals surface area contributed by atoms with E-state index in [1.54, 1.807) is 0 Å². The first-order valence-electron chi connectivity index (χ1n) is 10.3. The van der Waals surface area contributed by atoms with E-state index in [1.165, 1.54) is 41.8 Å². The lowest BCUT2D eigenvalue weighted by Crippen LogP contribution is -2.35. The van der Waals surface area contributed by atoms with Crippen LogP contribution in [0.1, 0.15) is 78.1 Å². The highest BCUT2D eigenvalue weighted by Gasteiger charge is 2.15. The maximum absolute atomic E-state index is 4.35. The zero-order valence-corrected chi connectivity index (χ0v) is 18.3. The van der Waals surface area contributed by atoms with E-state index in [0.717, 1.165) is 23.7 Å². The van der Waals surface area contributed by atoms with E-state index < -0.39 is 0 Å². The molecule has 1 heterocycles. The van der Waals surface area contributed by atoms with Gasteiger partial charge in [-0.25, -0.2) is 0 Å². The van der Waals surface area contributed by atoms with Crippen molar-refractivity contribution in [1.29, 1.82) is 0 Å². The molecule has 0 saturated heterocycles. The second-order valence-electron chi connectivity index (χ2n) is 7.43. The molecule has 0 aliphatic heterocycles. The third kappa shape index (κ3) is 5.96. The zero-order valence-electron chi connectivity index (χ0n) is 18.3. The van der Waals surface area contributed by atoms with Crippen LogP contribution in [0.5, 0.6) is 0 Å². The van der Waals surface area contributed by atoms with Crippen LogP contribution in [-0.2, 0) is 0 Å². The molecule has 0 amide bonds. The number of hydrogen-bond donors (Lipinski definition) is 0. The van der Waals surface area contributed by atoms with Crippen molar-refractivity contribution >= 4 is 12.2 Å². The van der Waals surface area contributed by atoms with E-state index >= 15 is 0 Å². The first kappa shape index (κ1) is 22.4. The minimum atomic E-state index is 0.573. The maximum Gasteiger partial charge on any atom is 0.0679 e. The molecule has 3 nitrogen and oxygen atoms in total. The Balaban J connectivity index is 3.29.